The molecule has 2 rings (SSSR count). The monoisotopic (exact) mass is 459 g/mol. The van der Waals surface area contributed by atoms with E-state index in [4.69, 9.17) is 32.7 Å². The summed E-state index contributed by atoms with van der Waals surface area (Å²) in [4.78, 5) is 23.8. The van der Waals surface area contributed by atoms with Gasteiger partial charge in [-0.25, -0.2) is 13.1 Å². The fraction of sp³-hybridized carbons (Fsp3) is 0.263. The van der Waals surface area contributed by atoms with E-state index in [0.29, 0.717) is 17.4 Å². The molecule has 0 aromatic heterocycles. The molecule has 0 atom stereocenters. The zero-order valence-corrected chi connectivity index (χ0v) is 17.8. The molecule has 156 valence electrons. The van der Waals surface area contributed by atoms with Gasteiger partial charge in [-0.1, -0.05) is 23.2 Å². The highest BCUT2D eigenvalue weighted by Crippen LogP contribution is 2.22. The third-order valence-electron chi connectivity index (χ3n) is 3.67. The van der Waals surface area contributed by atoms with Crippen LogP contribution < -0.4 is 9.46 Å². The van der Waals surface area contributed by atoms with Gasteiger partial charge in [0.05, 0.1) is 28.0 Å². The number of halogens is 2. The molecular weight excluding hydrogens is 441 g/mol. The summed E-state index contributed by atoms with van der Waals surface area (Å²) in [6, 6.07) is 10.2. The van der Waals surface area contributed by atoms with Crippen molar-refractivity contribution in [1.82, 2.24) is 4.72 Å². The fourth-order valence-electron chi connectivity index (χ4n) is 2.22. The molecule has 0 spiro atoms. The number of carbonyl (C=O) groups is 2. The van der Waals surface area contributed by atoms with E-state index in [0.717, 1.165) is 0 Å². The number of ketones is 1. The van der Waals surface area contributed by atoms with Gasteiger partial charge in [0.15, 0.2) is 12.4 Å². The van der Waals surface area contributed by atoms with Gasteiger partial charge in [-0.15, -0.1) is 0 Å². The molecule has 2 aromatic rings. The largest absolute Gasteiger partial charge is 0.494 e. The lowest BCUT2D eigenvalue weighted by Crippen LogP contribution is -2.27. The van der Waals surface area contributed by atoms with E-state index in [1.165, 1.54) is 30.3 Å². The molecule has 0 heterocycles. The van der Waals surface area contributed by atoms with Crippen molar-refractivity contribution < 1.29 is 27.5 Å². The second-order valence-corrected chi connectivity index (χ2v) is 8.35. The number of Topliss-reactive ketones (excluding diaryl/α,β-unsaturated/α-hetero) is 1. The minimum absolute atomic E-state index is 0.0455. The maximum absolute atomic E-state index is 12.2. The van der Waals surface area contributed by atoms with Gasteiger partial charge in [0, 0.05) is 12.1 Å². The van der Waals surface area contributed by atoms with Gasteiger partial charge >= 0.3 is 5.97 Å². The number of hydrogen-bond donors (Lipinski definition) is 1. The van der Waals surface area contributed by atoms with Crippen LogP contribution in [-0.4, -0.2) is 39.9 Å². The van der Waals surface area contributed by atoms with Gasteiger partial charge in [-0.05, 0) is 49.4 Å². The first-order valence-corrected chi connectivity index (χ1v) is 10.8. The van der Waals surface area contributed by atoms with Crippen molar-refractivity contribution in [3.05, 3.63) is 58.1 Å². The first kappa shape index (κ1) is 23.2. The van der Waals surface area contributed by atoms with Gasteiger partial charge < -0.3 is 9.47 Å². The third-order valence-corrected chi connectivity index (χ3v) is 5.89. The van der Waals surface area contributed by atoms with Gasteiger partial charge in [0.25, 0.3) is 0 Å². The molecule has 0 radical (unpaired) electrons. The molecule has 0 aliphatic heterocycles. The molecule has 7 nitrogen and oxygen atoms in total. The predicted molar refractivity (Wildman–Crippen MR) is 109 cm³/mol. The Kier molecular flexibility index (Phi) is 8.45. The molecule has 0 unspecified atom stereocenters. The zero-order valence-electron chi connectivity index (χ0n) is 15.5. The smallest absolute Gasteiger partial charge is 0.307 e. The van der Waals surface area contributed by atoms with Gasteiger partial charge in [-0.2, -0.15) is 0 Å². The van der Waals surface area contributed by atoms with Crippen LogP contribution in [0.5, 0.6) is 5.75 Å². The molecule has 2 aromatic carbocycles. The Labute approximate surface area is 179 Å². The number of hydrogen-bond acceptors (Lipinski definition) is 6. The van der Waals surface area contributed by atoms with Crippen LogP contribution in [0, 0.1) is 0 Å². The highest BCUT2D eigenvalue weighted by molar-refractivity contribution is 7.89. The van der Waals surface area contributed by atoms with Crippen LogP contribution in [0.3, 0.4) is 0 Å². The highest BCUT2D eigenvalue weighted by Gasteiger charge is 2.16. The molecule has 0 aliphatic rings. The van der Waals surface area contributed by atoms with Crippen LogP contribution in [0.1, 0.15) is 23.7 Å². The fourth-order valence-corrected chi connectivity index (χ4v) is 3.55. The second-order valence-electron chi connectivity index (χ2n) is 5.76. The van der Waals surface area contributed by atoms with Crippen molar-refractivity contribution in [2.24, 2.45) is 0 Å². The molecule has 0 bridgehead atoms. The molecule has 0 fully saturated rings. The first-order valence-electron chi connectivity index (χ1n) is 8.59. The maximum atomic E-state index is 12.2. The lowest BCUT2D eigenvalue weighted by atomic mass is 10.1. The molecule has 10 heteroatoms. The number of benzene rings is 2. The van der Waals surface area contributed by atoms with Crippen LogP contribution in [0.4, 0.5) is 0 Å². The van der Waals surface area contributed by atoms with Crippen molar-refractivity contribution in [2.45, 2.75) is 18.2 Å². The Morgan fingerprint density at radius 1 is 1.03 bits per heavy atom. The van der Waals surface area contributed by atoms with Crippen LogP contribution in [0.25, 0.3) is 0 Å². The van der Waals surface area contributed by atoms with Gasteiger partial charge in [-0.3, -0.25) is 9.59 Å². The topological polar surface area (TPSA) is 98.8 Å². The summed E-state index contributed by atoms with van der Waals surface area (Å²) >= 11 is 11.6. The third kappa shape index (κ3) is 7.01. The van der Waals surface area contributed by atoms with Crippen molar-refractivity contribution >= 4 is 45.0 Å². The molecule has 0 saturated heterocycles. The normalized spacial score (nSPS) is 11.1. The zero-order chi connectivity index (χ0) is 21.4. The van der Waals surface area contributed by atoms with E-state index in [2.05, 4.69) is 4.72 Å². The van der Waals surface area contributed by atoms with Gasteiger partial charge in [0.1, 0.15) is 5.75 Å². The highest BCUT2D eigenvalue weighted by atomic mass is 35.5. The molecule has 1 N–H and O–H groups in total. The van der Waals surface area contributed by atoms with Crippen molar-refractivity contribution in [1.29, 1.82) is 0 Å². The summed E-state index contributed by atoms with van der Waals surface area (Å²) in [5, 5.41) is 0.521. The summed E-state index contributed by atoms with van der Waals surface area (Å²) in [7, 11) is -3.78. The van der Waals surface area contributed by atoms with Crippen LogP contribution in [0.15, 0.2) is 47.4 Å². The SMILES string of the molecule is CCOc1ccc(S(=O)(=O)NCCC(=O)OCC(=O)c2ccc(Cl)c(Cl)c2)cc1. The number of sulfonamides is 1. The number of nitrogens with one attached hydrogen (secondary N) is 1. The first-order chi connectivity index (χ1) is 13.7. The standard InChI is InChI=1S/C19H19Cl2NO6S/c1-2-27-14-4-6-15(7-5-14)29(25,26)22-10-9-19(24)28-12-18(23)13-3-8-16(20)17(21)11-13/h3-8,11,22H,2,9-10,12H2,1H3. The number of esters is 1. The lowest BCUT2D eigenvalue weighted by Gasteiger charge is -2.08. The van der Waals surface area contributed by atoms with E-state index >= 15 is 0 Å². The van der Waals surface area contributed by atoms with Crippen molar-refractivity contribution in [2.75, 3.05) is 19.8 Å². The second kappa shape index (κ2) is 10.6. The van der Waals surface area contributed by atoms with Crippen LogP contribution >= 0.6 is 23.2 Å². The Hall–Kier alpha value is -2.13. The van der Waals surface area contributed by atoms with E-state index in [9.17, 15) is 18.0 Å². The predicted octanol–water partition coefficient (Wildman–Crippen LogP) is 3.49. The Morgan fingerprint density at radius 2 is 1.72 bits per heavy atom. The minimum atomic E-state index is -3.78. The molecule has 0 aliphatic carbocycles. The molecule has 29 heavy (non-hydrogen) atoms. The summed E-state index contributed by atoms with van der Waals surface area (Å²) in [5.41, 5.74) is 0.253. The van der Waals surface area contributed by atoms with Crippen LogP contribution in [0.2, 0.25) is 10.0 Å². The summed E-state index contributed by atoms with van der Waals surface area (Å²) in [5.74, 6) is -0.610. The Morgan fingerprint density at radius 3 is 2.34 bits per heavy atom. The summed E-state index contributed by atoms with van der Waals surface area (Å²) in [6.45, 7) is 1.64. The summed E-state index contributed by atoms with van der Waals surface area (Å²) in [6.07, 6.45) is -0.231. The Balaban J connectivity index is 1.79. The average molecular weight is 460 g/mol. The number of rotatable bonds is 10. The van der Waals surface area contributed by atoms with Crippen molar-refractivity contribution in [3.63, 3.8) is 0 Å². The number of carbonyl (C=O) groups excluding carboxylic acids is 2. The lowest BCUT2D eigenvalue weighted by molar-refractivity contribution is -0.142. The van der Waals surface area contributed by atoms with Crippen molar-refractivity contribution in [3.8, 4) is 5.75 Å². The van der Waals surface area contributed by atoms with E-state index < -0.39 is 28.4 Å². The van der Waals surface area contributed by atoms with Crippen LogP contribution in [-0.2, 0) is 19.6 Å². The molecule has 0 amide bonds. The average Bonchev–Trinajstić information content (AvgIpc) is 2.69. The Bertz CT molecular complexity index is 977. The minimum Gasteiger partial charge on any atom is -0.494 e. The van der Waals surface area contributed by atoms with E-state index in [1.807, 2.05) is 6.92 Å². The number of ether oxygens (including phenoxy) is 2. The summed E-state index contributed by atoms with van der Waals surface area (Å²) < 4.78 is 36.9. The van der Waals surface area contributed by atoms with E-state index in [1.54, 1.807) is 12.1 Å². The van der Waals surface area contributed by atoms with Gasteiger partial charge in [0.2, 0.25) is 10.0 Å². The van der Waals surface area contributed by atoms with E-state index in [-0.39, 0.29) is 28.4 Å². The quantitative estimate of drug-likeness (QED) is 0.431. The molecule has 0 saturated carbocycles. The molecular formula is C19H19Cl2NO6S. The maximum Gasteiger partial charge on any atom is 0.307 e.